The number of carbonyl (C=O) groups is 2. The lowest BCUT2D eigenvalue weighted by Crippen LogP contribution is -2.34. The molecule has 0 spiro atoms. The lowest BCUT2D eigenvalue weighted by Gasteiger charge is -2.16. The highest BCUT2D eigenvalue weighted by Gasteiger charge is 2.38. The van der Waals surface area contributed by atoms with Gasteiger partial charge in [0.15, 0.2) is 5.17 Å². The quantitative estimate of drug-likeness (QED) is 0.631. The third-order valence-electron chi connectivity index (χ3n) is 4.23. The predicted molar refractivity (Wildman–Crippen MR) is 118 cm³/mol. The van der Waals surface area contributed by atoms with Crippen molar-refractivity contribution in [2.75, 3.05) is 25.6 Å². The topological polar surface area (TPSA) is 71.0 Å². The van der Waals surface area contributed by atoms with E-state index in [9.17, 15) is 9.59 Å². The molecule has 1 fully saturated rings. The fraction of sp³-hybridized carbons (Fsp3) is 0.286. The summed E-state index contributed by atoms with van der Waals surface area (Å²) in [6, 6.07) is 16.3. The van der Waals surface area contributed by atoms with Crippen LogP contribution in [0.2, 0.25) is 5.02 Å². The van der Waals surface area contributed by atoms with Gasteiger partial charge < -0.3 is 10.1 Å². The highest BCUT2D eigenvalue weighted by Crippen LogP contribution is 2.32. The van der Waals surface area contributed by atoms with E-state index in [-0.39, 0.29) is 18.2 Å². The van der Waals surface area contributed by atoms with Crippen LogP contribution in [-0.4, -0.2) is 47.4 Å². The van der Waals surface area contributed by atoms with E-state index in [1.165, 1.54) is 11.8 Å². The molecule has 1 aliphatic rings. The van der Waals surface area contributed by atoms with Crippen LogP contribution in [0.15, 0.2) is 59.6 Å². The molecule has 3 rings (SSSR count). The van der Waals surface area contributed by atoms with Crippen LogP contribution in [0.25, 0.3) is 0 Å². The van der Waals surface area contributed by atoms with Gasteiger partial charge >= 0.3 is 0 Å². The molecule has 1 aliphatic heterocycles. The van der Waals surface area contributed by atoms with Crippen LogP contribution >= 0.6 is 23.4 Å². The van der Waals surface area contributed by atoms with Gasteiger partial charge in [-0.1, -0.05) is 41.6 Å². The van der Waals surface area contributed by atoms with Crippen molar-refractivity contribution in [3.8, 4) is 0 Å². The Morgan fingerprint density at radius 1 is 1.21 bits per heavy atom. The first-order valence-electron chi connectivity index (χ1n) is 9.23. The number of methoxy groups -OCH3 is 1. The number of para-hydroxylation sites is 1. The fourth-order valence-electron chi connectivity index (χ4n) is 2.83. The number of rotatable bonds is 8. The molecule has 0 aliphatic carbocycles. The molecule has 0 aromatic heterocycles. The zero-order chi connectivity index (χ0) is 20.6. The first-order valence-corrected chi connectivity index (χ1v) is 10.5. The predicted octanol–water partition coefficient (Wildman–Crippen LogP) is 4.34. The lowest BCUT2D eigenvalue weighted by molar-refractivity contribution is -0.128. The van der Waals surface area contributed by atoms with E-state index in [1.807, 2.05) is 30.3 Å². The number of hydrogen-bond acceptors (Lipinski definition) is 5. The molecule has 6 nitrogen and oxygen atoms in total. The maximum absolute atomic E-state index is 12.9. The normalized spacial score (nSPS) is 17.7. The molecule has 2 amide bonds. The molecule has 1 N–H and O–H groups in total. The maximum atomic E-state index is 12.9. The summed E-state index contributed by atoms with van der Waals surface area (Å²) in [6.45, 7) is 1.03. The molecule has 2 aromatic rings. The van der Waals surface area contributed by atoms with Crippen LogP contribution < -0.4 is 5.32 Å². The van der Waals surface area contributed by atoms with Gasteiger partial charge in [0, 0.05) is 37.4 Å². The summed E-state index contributed by atoms with van der Waals surface area (Å²) in [4.78, 5) is 31.6. The molecular weight excluding hydrogens is 410 g/mol. The summed E-state index contributed by atoms with van der Waals surface area (Å²) in [5.41, 5.74) is 1.41. The lowest BCUT2D eigenvalue weighted by atomic mass is 10.2. The molecule has 1 saturated heterocycles. The van der Waals surface area contributed by atoms with E-state index in [0.29, 0.717) is 41.1 Å². The average Bonchev–Trinajstić information content (AvgIpc) is 2.99. The Labute approximate surface area is 179 Å². The number of amides is 2. The number of nitrogens with zero attached hydrogens (tertiary/aromatic N) is 2. The first-order chi connectivity index (χ1) is 14.1. The van der Waals surface area contributed by atoms with Gasteiger partial charge in [-0.05, 0) is 42.8 Å². The number of thioether (sulfide) groups is 1. The summed E-state index contributed by atoms with van der Waals surface area (Å²) < 4.78 is 5.10. The highest BCUT2D eigenvalue weighted by atomic mass is 35.5. The second kappa shape index (κ2) is 10.4. The SMILES string of the molecule is COCCCN1C(=O)[C@H](CC(=O)Nc2ccccc2)SC1=Nc1ccc(Cl)cc1. The molecule has 29 heavy (non-hydrogen) atoms. The van der Waals surface area contributed by atoms with E-state index in [1.54, 1.807) is 36.3 Å². The molecule has 1 heterocycles. The summed E-state index contributed by atoms with van der Waals surface area (Å²) >= 11 is 7.25. The Morgan fingerprint density at radius 3 is 2.62 bits per heavy atom. The van der Waals surface area contributed by atoms with E-state index in [0.717, 1.165) is 0 Å². The van der Waals surface area contributed by atoms with Gasteiger partial charge in [0.2, 0.25) is 11.8 Å². The molecular formula is C21H22ClN3O3S. The first kappa shape index (κ1) is 21.4. The van der Waals surface area contributed by atoms with E-state index < -0.39 is 5.25 Å². The van der Waals surface area contributed by atoms with Crippen molar-refractivity contribution >= 4 is 51.7 Å². The van der Waals surface area contributed by atoms with Gasteiger partial charge in [-0.15, -0.1) is 0 Å². The van der Waals surface area contributed by atoms with Crippen molar-refractivity contribution in [3.05, 3.63) is 59.6 Å². The Kier molecular flexibility index (Phi) is 7.69. The third-order valence-corrected chi connectivity index (χ3v) is 5.66. The van der Waals surface area contributed by atoms with Crippen molar-refractivity contribution in [1.29, 1.82) is 0 Å². The molecule has 0 saturated carbocycles. The third kappa shape index (κ3) is 6.06. The van der Waals surface area contributed by atoms with E-state index >= 15 is 0 Å². The molecule has 0 radical (unpaired) electrons. The minimum atomic E-state index is -0.507. The van der Waals surface area contributed by atoms with Gasteiger partial charge in [0.1, 0.15) is 5.25 Å². The molecule has 0 unspecified atom stereocenters. The van der Waals surface area contributed by atoms with E-state index in [4.69, 9.17) is 16.3 Å². The van der Waals surface area contributed by atoms with Gasteiger partial charge in [0.05, 0.1) is 5.69 Å². The second-order valence-electron chi connectivity index (χ2n) is 6.43. The Morgan fingerprint density at radius 2 is 1.93 bits per heavy atom. The van der Waals surface area contributed by atoms with Crippen LogP contribution in [-0.2, 0) is 14.3 Å². The molecule has 2 aromatic carbocycles. The van der Waals surface area contributed by atoms with Crippen LogP contribution in [0.5, 0.6) is 0 Å². The monoisotopic (exact) mass is 431 g/mol. The van der Waals surface area contributed by atoms with E-state index in [2.05, 4.69) is 10.3 Å². The number of anilines is 1. The maximum Gasteiger partial charge on any atom is 0.242 e. The smallest absolute Gasteiger partial charge is 0.242 e. The molecule has 152 valence electrons. The van der Waals surface area contributed by atoms with Crippen molar-refractivity contribution in [1.82, 2.24) is 4.90 Å². The number of halogens is 1. The average molecular weight is 432 g/mol. The van der Waals surface area contributed by atoms with Crippen molar-refractivity contribution < 1.29 is 14.3 Å². The number of aliphatic imine (C=N–C) groups is 1. The summed E-state index contributed by atoms with van der Waals surface area (Å²) in [7, 11) is 1.62. The van der Waals surface area contributed by atoms with Crippen LogP contribution in [0.4, 0.5) is 11.4 Å². The number of amidine groups is 1. The Hall–Kier alpha value is -2.35. The summed E-state index contributed by atoms with van der Waals surface area (Å²) in [6.07, 6.45) is 0.768. The number of ether oxygens (including phenoxy) is 1. The van der Waals surface area contributed by atoms with Crippen molar-refractivity contribution in [3.63, 3.8) is 0 Å². The number of nitrogens with one attached hydrogen (secondary N) is 1. The van der Waals surface area contributed by atoms with Gasteiger partial charge in [-0.25, -0.2) is 4.99 Å². The number of hydrogen-bond donors (Lipinski definition) is 1. The standard InChI is InChI=1S/C21H22ClN3O3S/c1-28-13-5-12-25-20(27)18(14-19(26)23-16-6-3-2-4-7-16)29-21(25)24-17-10-8-15(22)9-11-17/h2-4,6-11,18H,5,12-14H2,1H3,(H,23,26)/t18-/m0/s1. The number of carbonyl (C=O) groups excluding carboxylic acids is 2. The second-order valence-corrected chi connectivity index (χ2v) is 8.04. The van der Waals surface area contributed by atoms with Crippen LogP contribution in [0.3, 0.4) is 0 Å². The zero-order valence-corrected chi connectivity index (χ0v) is 17.6. The largest absolute Gasteiger partial charge is 0.385 e. The Bertz CT molecular complexity index is 874. The van der Waals surface area contributed by atoms with Gasteiger partial charge in [-0.2, -0.15) is 0 Å². The van der Waals surface area contributed by atoms with Crippen molar-refractivity contribution in [2.24, 2.45) is 4.99 Å². The van der Waals surface area contributed by atoms with Crippen molar-refractivity contribution in [2.45, 2.75) is 18.1 Å². The Balaban J connectivity index is 1.72. The highest BCUT2D eigenvalue weighted by molar-refractivity contribution is 8.15. The van der Waals surface area contributed by atoms with Gasteiger partial charge in [-0.3, -0.25) is 14.5 Å². The molecule has 8 heteroatoms. The minimum Gasteiger partial charge on any atom is -0.385 e. The number of benzene rings is 2. The molecule has 0 bridgehead atoms. The van der Waals surface area contributed by atoms with Gasteiger partial charge in [0.25, 0.3) is 0 Å². The fourth-order valence-corrected chi connectivity index (χ4v) is 4.14. The zero-order valence-electron chi connectivity index (χ0n) is 16.0. The molecule has 1 atom stereocenters. The summed E-state index contributed by atoms with van der Waals surface area (Å²) in [5, 5.41) is 3.53. The summed E-state index contributed by atoms with van der Waals surface area (Å²) in [5.74, 6) is -0.311. The van der Waals surface area contributed by atoms with Crippen LogP contribution in [0.1, 0.15) is 12.8 Å². The van der Waals surface area contributed by atoms with Crippen LogP contribution in [0, 0.1) is 0 Å². The minimum absolute atomic E-state index is 0.0822.